The Morgan fingerprint density at radius 1 is 0.250 bits per heavy atom. The molecule has 0 aromatic heterocycles. The molecule has 0 aromatic carbocycles. The fraction of sp³-hybridized carbons (Fsp3) is 0.952. The zero-order valence-electron chi connectivity index (χ0n) is 46.9. The molecule has 6 heteroatoms. The smallest absolute Gasteiger partial charge is 0.306 e. The summed E-state index contributed by atoms with van der Waals surface area (Å²) in [5.74, 6) is 1.68. The lowest BCUT2D eigenvalue weighted by Crippen LogP contribution is -2.30. The van der Waals surface area contributed by atoms with E-state index >= 15 is 0 Å². The lowest BCUT2D eigenvalue weighted by Gasteiger charge is -2.18. The van der Waals surface area contributed by atoms with E-state index in [1.807, 2.05) is 0 Å². The fourth-order valence-corrected chi connectivity index (χ4v) is 9.53. The molecule has 0 saturated heterocycles. The van der Waals surface area contributed by atoms with Gasteiger partial charge in [-0.3, -0.25) is 14.4 Å². The highest BCUT2D eigenvalue weighted by atomic mass is 16.6. The van der Waals surface area contributed by atoms with E-state index in [0.29, 0.717) is 19.3 Å². The van der Waals surface area contributed by atoms with Crippen molar-refractivity contribution in [1.29, 1.82) is 0 Å². The third-order valence-electron chi connectivity index (χ3n) is 14.1. The predicted molar refractivity (Wildman–Crippen MR) is 293 cm³/mol. The second-order valence-corrected chi connectivity index (χ2v) is 22.8. The van der Waals surface area contributed by atoms with Crippen LogP contribution in [0.5, 0.6) is 0 Å². The van der Waals surface area contributed by atoms with Crippen LogP contribution in [0, 0.1) is 17.8 Å². The predicted octanol–water partition coefficient (Wildman–Crippen LogP) is 20.3. The van der Waals surface area contributed by atoms with Crippen molar-refractivity contribution in [2.24, 2.45) is 17.8 Å². The molecule has 1 atom stereocenters. The lowest BCUT2D eigenvalue weighted by molar-refractivity contribution is -0.167. The zero-order chi connectivity index (χ0) is 49.8. The highest BCUT2D eigenvalue weighted by molar-refractivity contribution is 5.71. The van der Waals surface area contributed by atoms with Gasteiger partial charge in [0.1, 0.15) is 13.2 Å². The number of rotatable bonds is 55. The third-order valence-corrected chi connectivity index (χ3v) is 14.1. The summed E-state index contributed by atoms with van der Waals surface area (Å²) < 4.78 is 16.9. The molecule has 0 aromatic rings. The highest BCUT2D eigenvalue weighted by Gasteiger charge is 2.19. The normalized spacial score (nSPS) is 12.1. The molecule has 404 valence electrons. The number of ether oxygens (including phenoxy) is 3. The van der Waals surface area contributed by atoms with E-state index in [1.54, 1.807) is 0 Å². The van der Waals surface area contributed by atoms with Crippen LogP contribution in [0.2, 0.25) is 0 Å². The Labute approximate surface area is 425 Å². The monoisotopic (exact) mass is 961 g/mol. The van der Waals surface area contributed by atoms with Gasteiger partial charge in [-0.2, -0.15) is 0 Å². The molecule has 0 rings (SSSR count). The Hall–Kier alpha value is -1.59. The first-order valence-electron chi connectivity index (χ1n) is 30.6. The summed E-state index contributed by atoms with van der Waals surface area (Å²) in [5.41, 5.74) is 0. The molecule has 0 unspecified atom stereocenters. The number of hydrogen-bond donors (Lipinski definition) is 0. The minimum absolute atomic E-state index is 0.0630. The number of unbranched alkanes of at least 4 members (excludes halogenated alkanes) is 38. The SMILES string of the molecule is CC(C)CCCCCCCCCCCCCCCCCC(=O)OC[C@@H](COC(=O)CCCCCCCCCCCCCC(C)C)OC(=O)CCCCCCCCCCCCCCCCCC(C)C. The maximum Gasteiger partial charge on any atom is 0.306 e. The van der Waals surface area contributed by atoms with E-state index in [4.69, 9.17) is 14.2 Å². The molecule has 6 nitrogen and oxygen atoms in total. The van der Waals surface area contributed by atoms with Crippen molar-refractivity contribution in [3.8, 4) is 0 Å². The Kier molecular flexibility index (Phi) is 52.0. The van der Waals surface area contributed by atoms with Crippen molar-refractivity contribution in [2.45, 2.75) is 349 Å². The van der Waals surface area contributed by atoms with Crippen LogP contribution >= 0.6 is 0 Å². The molecular formula is C62H120O6. The first kappa shape index (κ1) is 66.4. The van der Waals surface area contributed by atoms with Crippen molar-refractivity contribution >= 4 is 17.9 Å². The molecule has 68 heavy (non-hydrogen) atoms. The molecule has 0 bridgehead atoms. The highest BCUT2D eigenvalue weighted by Crippen LogP contribution is 2.19. The number of carbonyl (C=O) groups excluding carboxylic acids is 3. The molecule has 0 aliphatic rings. The average Bonchev–Trinajstić information content (AvgIpc) is 3.30. The van der Waals surface area contributed by atoms with Crippen molar-refractivity contribution in [3.05, 3.63) is 0 Å². The third kappa shape index (κ3) is 55.3. The Bertz CT molecular complexity index is 1050. The molecule has 0 amide bonds. The van der Waals surface area contributed by atoms with Gasteiger partial charge in [-0.05, 0) is 37.0 Å². The van der Waals surface area contributed by atoms with Gasteiger partial charge >= 0.3 is 17.9 Å². The number of esters is 3. The summed E-state index contributed by atoms with van der Waals surface area (Å²) >= 11 is 0. The Balaban J connectivity index is 4.29. The largest absolute Gasteiger partial charge is 0.462 e. The zero-order valence-corrected chi connectivity index (χ0v) is 46.9. The number of carbonyl (C=O) groups is 3. The van der Waals surface area contributed by atoms with Crippen molar-refractivity contribution in [2.75, 3.05) is 13.2 Å². The van der Waals surface area contributed by atoms with Gasteiger partial charge in [0.15, 0.2) is 6.10 Å². The summed E-state index contributed by atoms with van der Waals surface area (Å²) in [5, 5.41) is 0. The van der Waals surface area contributed by atoms with Crippen LogP contribution in [0.25, 0.3) is 0 Å². The minimum Gasteiger partial charge on any atom is -0.462 e. The lowest BCUT2D eigenvalue weighted by atomic mass is 10.0. The van der Waals surface area contributed by atoms with Crippen LogP contribution in [0.15, 0.2) is 0 Å². The molecule has 0 fully saturated rings. The van der Waals surface area contributed by atoms with Crippen molar-refractivity contribution in [1.82, 2.24) is 0 Å². The minimum atomic E-state index is -0.764. The molecule has 0 heterocycles. The second-order valence-electron chi connectivity index (χ2n) is 22.8. The molecule has 0 spiro atoms. The maximum atomic E-state index is 12.9. The van der Waals surface area contributed by atoms with Gasteiger partial charge in [0.05, 0.1) is 0 Å². The Morgan fingerprint density at radius 3 is 0.632 bits per heavy atom. The van der Waals surface area contributed by atoms with E-state index in [-0.39, 0.29) is 31.1 Å². The molecule has 0 N–H and O–H groups in total. The van der Waals surface area contributed by atoms with E-state index < -0.39 is 6.10 Å². The standard InChI is InChI=1S/C62H120O6/c1-56(2)48-42-36-30-24-18-13-9-7-11-15-21-27-33-39-45-51-60(63)66-54-59(55-67-61(64)52-46-40-34-28-23-17-20-26-32-38-44-50-58(5)6)68-62(65)53-47-41-35-29-22-16-12-8-10-14-19-25-31-37-43-49-57(3)4/h56-59H,7-55H2,1-6H3/t59-/m0/s1. The molecular weight excluding hydrogens is 841 g/mol. The van der Waals surface area contributed by atoms with Crippen LogP contribution in [0.3, 0.4) is 0 Å². The first-order chi connectivity index (χ1) is 33.1. The molecule has 0 radical (unpaired) electrons. The summed E-state index contributed by atoms with van der Waals surface area (Å²) in [7, 11) is 0. The van der Waals surface area contributed by atoms with Gasteiger partial charge in [-0.25, -0.2) is 0 Å². The van der Waals surface area contributed by atoms with Crippen LogP contribution in [0.4, 0.5) is 0 Å². The van der Waals surface area contributed by atoms with Crippen molar-refractivity contribution in [3.63, 3.8) is 0 Å². The average molecular weight is 962 g/mol. The quantitative estimate of drug-likeness (QED) is 0.0343. The van der Waals surface area contributed by atoms with Gasteiger partial charge < -0.3 is 14.2 Å². The Morgan fingerprint density at radius 2 is 0.426 bits per heavy atom. The summed E-state index contributed by atoms with van der Waals surface area (Å²) in [6.45, 7) is 13.8. The van der Waals surface area contributed by atoms with Crippen LogP contribution in [-0.2, 0) is 28.6 Å². The fourth-order valence-electron chi connectivity index (χ4n) is 9.53. The van der Waals surface area contributed by atoms with Gasteiger partial charge in [-0.1, -0.05) is 305 Å². The number of hydrogen-bond acceptors (Lipinski definition) is 6. The van der Waals surface area contributed by atoms with Crippen LogP contribution in [-0.4, -0.2) is 37.2 Å². The van der Waals surface area contributed by atoms with E-state index in [9.17, 15) is 14.4 Å². The molecule has 0 aliphatic heterocycles. The second kappa shape index (κ2) is 53.2. The van der Waals surface area contributed by atoms with Crippen LogP contribution < -0.4 is 0 Å². The van der Waals surface area contributed by atoms with Gasteiger partial charge in [-0.15, -0.1) is 0 Å². The first-order valence-corrected chi connectivity index (χ1v) is 30.6. The summed E-state index contributed by atoms with van der Waals surface area (Å²) in [4.78, 5) is 38.2. The summed E-state index contributed by atoms with van der Waals surface area (Å²) in [6.07, 6.45) is 56.7. The molecule has 0 saturated carbocycles. The van der Waals surface area contributed by atoms with Gasteiger partial charge in [0, 0.05) is 19.3 Å². The van der Waals surface area contributed by atoms with Gasteiger partial charge in [0.2, 0.25) is 0 Å². The van der Waals surface area contributed by atoms with Crippen molar-refractivity contribution < 1.29 is 28.6 Å². The maximum absolute atomic E-state index is 12.9. The van der Waals surface area contributed by atoms with Crippen LogP contribution in [0.1, 0.15) is 343 Å². The van der Waals surface area contributed by atoms with E-state index in [0.717, 1.165) is 75.5 Å². The topological polar surface area (TPSA) is 78.9 Å². The van der Waals surface area contributed by atoms with Gasteiger partial charge in [0.25, 0.3) is 0 Å². The van der Waals surface area contributed by atoms with E-state index in [2.05, 4.69) is 41.5 Å². The molecule has 0 aliphatic carbocycles. The summed E-state index contributed by atoms with van der Waals surface area (Å²) in [6, 6.07) is 0. The van der Waals surface area contributed by atoms with E-state index in [1.165, 1.54) is 225 Å².